The average molecular weight is 303 g/mol. The van der Waals surface area contributed by atoms with E-state index in [1.54, 1.807) is 4.68 Å². The maximum Gasteiger partial charge on any atom is 0.153 e. The van der Waals surface area contributed by atoms with Gasteiger partial charge in [-0.15, -0.1) is 5.10 Å². The third-order valence-corrected chi connectivity index (χ3v) is 4.44. The maximum atomic E-state index is 6.38. The maximum absolute atomic E-state index is 6.38. The molecule has 5 nitrogen and oxygen atoms in total. The van der Waals surface area contributed by atoms with Crippen LogP contribution in [0.2, 0.25) is 0 Å². The van der Waals surface area contributed by atoms with Crippen molar-refractivity contribution < 1.29 is 4.74 Å². The highest BCUT2D eigenvalue weighted by atomic mass is 79.9. The van der Waals surface area contributed by atoms with Gasteiger partial charge in [0.1, 0.15) is 0 Å². The van der Waals surface area contributed by atoms with Gasteiger partial charge in [0, 0.05) is 13.0 Å². The second-order valence-electron chi connectivity index (χ2n) is 4.90. The minimum absolute atomic E-state index is 0.112. The fourth-order valence-corrected chi connectivity index (χ4v) is 3.38. The predicted molar refractivity (Wildman–Crippen MR) is 68.3 cm³/mol. The van der Waals surface area contributed by atoms with Gasteiger partial charge in [0.05, 0.1) is 23.9 Å². The summed E-state index contributed by atoms with van der Waals surface area (Å²) in [6.07, 6.45) is 0.415. The minimum Gasteiger partial charge on any atom is -0.375 e. The van der Waals surface area contributed by atoms with E-state index in [2.05, 4.69) is 47.0 Å². The molecule has 17 heavy (non-hydrogen) atoms. The molecular weight excluding hydrogens is 284 g/mol. The van der Waals surface area contributed by atoms with Gasteiger partial charge < -0.3 is 10.5 Å². The lowest BCUT2D eigenvalue weighted by atomic mass is 9.82. The molecule has 6 heteroatoms. The summed E-state index contributed by atoms with van der Waals surface area (Å²) in [7, 11) is 1.86. The Bertz CT molecular complexity index is 389. The van der Waals surface area contributed by atoms with Crippen LogP contribution in [0.4, 0.5) is 0 Å². The first kappa shape index (κ1) is 13.0. The van der Waals surface area contributed by atoms with Gasteiger partial charge in [-0.05, 0) is 35.7 Å². The fourth-order valence-electron chi connectivity index (χ4n) is 2.79. The second kappa shape index (κ2) is 4.66. The second-order valence-corrected chi connectivity index (χ2v) is 5.65. The van der Waals surface area contributed by atoms with Crippen LogP contribution in [-0.2, 0) is 11.8 Å². The normalized spacial score (nSPS) is 35.2. The lowest BCUT2D eigenvalue weighted by Crippen LogP contribution is -2.32. The van der Waals surface area contributed by atoms with Crippen molar-refractivity contribution in [2.45, 2.75) is 39.0 Å². The molecule has 0 spiro atoms. The molecule has 5 unspecified atom stereocenters. The molecule has 0 saturated carbocycles. The highest BCUT2D eigenvalue weighted by Crippen LogP contribution is 2.40. The molecule has 2 heterocycles. The van der Waals surface area contributed by atoms with Crippen molar-refractivity contribution in [1.29, 1.82) is 0 Å². The number of halogens is 1. The van der Waals surface area contributed by atoms with Gasteiger partial charge in [0.25, 0.3) is 0 Å². The number of aromatic nitrogens is 3. The first-order valence-corrected chi connectivity index (χ1v) is 6.69. The van der Waals surface area contributed by atoms with E-state index in [1.165, 1.54) is 0 Å². The molecule has 1 aliphatic rings. The molecule has 0 bridgehead atoms. The Morgan fingerprint density at radius 3 is 2.41 bits per heavy atom. The van der Waals surface area contributed by atoms with Gasteiger partial charge in [-0.2, -0.15) is 0 Å². The Kier molecular flexibility index (Phi) is 3.56. The lowest BCUT2D eigenvalue weighted by molar-refractivity contribution is 0.0487. The summed E-state index contributed by atoms with van der Waals surface area (Å²) in [6, 6.07) is -0.112. The zero-order valence-corrected chi connectivity index (χ0v) is 12.2. The quantitative estimate of drug-likeness (QED) is 0.902. The van der Waals surface area contributed by atoms with Gasteiger partial charge in [-0.3, -0.25) is 0 Å². The third kappa shape index (κ3) is 2.13. The van der Waals surface area contributed by atoms with E-state index in [0.717, 1.165) is 10.3 Å². The molecule has 0 amide bonds. The highest BCUT2D eigenvalue weighted by molar-refractivity contribution is 9.10. The number of nitrogens with zero attached hydrogens (tertiary/aromatic N) is 3. The van der Waals surface area contributed by atoms with Crippen LogP contribution in [0.15, 0.2) is 4.60 Å². The molecule has 1 aromatic heterocycles. The molecule has 0 radical (unpaired) electrons. The van der Waals surface area contributed by atoms with Crippen molar-refractivity contribution in [3.05, 3.63) is 10.3 Å². The molecule has 96 valence electrons. The topological polar surface area (TPSA) is 66.0 Å². The molecule has 0 aliphatic carbocycles. The molecule has 1 aromatic rings. The van der Waals surface area contributed by atoms with Crippen LogP contribution in [0.5, 0.6) is 0 Å². The summed E-state index contributed by atoms with van der Waals surface area (Å²) in [5.41, 5.74) is 7.32. The molecule has 0 aromatic carbocycles. The first-order valence-electron chi connectivity index (χ1n) is 5.89. The largest absolute Gasteiger partial charge is 0.375 e. The summed E-state index contributed by atoms with van der Waals surface area (Å²) in [5, 5.41) is 7.96. The van der Waals surface area contributed by atoms with Crippen molar-refractivity contribution in [2.75, 3.05) is 0 Å². The van der Waals surface area contributed by atoms with Crippen LogP contribution in [0.1, 0.15) is 32.5 Å². The average Bonchev–Trinajstić information content (AvgIpc) is 2.69. The summed E-state index contributed by atoms with van der Waals surface area (Å²) in [6.45, 7) is 6.38. The van der Waals surface area contributed by atoms with Crippen LogP contribution in [0.3, 0.4) is 0 Å². The molecule has 1 aliphatic heterocycles. The number of hydrogen-bond donors (Lipinski definition) is 1. The van der Waals surface area contributed by atoms with E-state index in [-0.39, 0.29) is 18.2 Å². The zero-order chi connectivity index (χ0) is 12.7. The number of rotatable bonds is 2. The van der Waals surface area contributed by atoms with Crippen molar-refractivity contribution in [3.63, 3.8) is 0 Å². The van der Waals surface area contributed by atoms with Crippen molar-refractivity contribution in [2.24, 2.45) is 24.6 Å². The summed E-state index contributed by atoms with van der Waals surface area (Å²) < 4.78 is 8.30. The monoisotopic (exact) mass is 302 g/mol. The van der Waals surface area contributed by atoms with E-state index in [9.17, 15) is 0 Å². The van der Waals surface area contributed by atoms with Crippen LogP contribution in [-0.4, -0.2) is 27.2 Å². The highest BCUT2D eigenvalue weighted by Gasteiger charge is 2.42. The predicted octanol–water partition coefficient (Wildman–Crippen LogP) is 1.64. The molecule has 1 saturated heterocycles. The lowest BCUT2D eigenvalue weighted by Gasteiger charge is -2.25. The summed E-state index contributed by atoms with van der Waals surface area (Å²) >= 11 is 3.40. The molecule has 5 atom stereocenters. The van der Waals surface area contributed by atoms with Crippen LogP contribution in [0.25, 0.3) is 0 Å². The number of ether oxygens (including phenoxy) is 1. The Labute approximate surface area is 110 Å². The van der Waals surface area contributed by atoms with E-state index in [0.29, 0.717) is 11.8 Å². The van der Waals surface area contributed by atoms with Gasteiger partial charge >= 0.3 is 0 Å². The van der Waals surface area contributed by atoms with Crippen molar-refractivity contribution >= 4 is 15.9 Å². The molecular formula is C11H19BrN4O. The number of hydrogen-bond acceptors (Lipinski definition) is 4. The Hall–Kier alpha value is -0.460. The Morgan fingerprint density at radius 1 is 1.35 bits per heavy atom. The fraction of sp³-hybridized carbons (Fsp3) is 0.818. The van der Waals surface area contributed by atoms with E-state index < -0.39 is 0 Å². The van der Waals surface area contributed by atoms with E-state index in [1.807, 2.05) is 7.05 Å². The van der Waals surface area contributed by atoms with Gasteiger partial charge in [-0.25, -0.2) is 4.68 Å². The van der Waals surface area contributed by atoms with Crippen LogP contribution in [0, 0.1) is 11.8 Å². The van der Waals surface area contributed by atoms with E-state index in [4.69, 9.17) is 10.5 Å². The number of aryl methyl sites for hydroxylation is 1. The Morgan fingerprint density at radius 2 is 2.00 bits per heavy atom. The summed E-state index contributed by atoms with van der Waals surface area (Å²) in [4.78, 5) is 0. The first-order chi connectivity index (χ1) is 7.93. The third-order valence-electron chi connectivity index (χ3n) is 3.88. The number of nitrogens with two attached hydrogens (primary N) is 1. The van der Waals surface area contributed by atoms with Crippen LogP contribution < -0.4 is 5.73 Å². The standard InChI is InChI=1S/C11H19BrN4O/c1-5-6(2)17-7(3)8(5)9(13)10-11(12)14-15-16(10)4/h5-9H,13H2,1-4H3. The van der Waals surface area contributed by atoms with Crippen molar-refractivity contribution in [3.8, 4) is 0 Å². The summed E-state index contributed by atoms with van der Waals surface area (Å²) in [5.74, 6) is 0.722. The van der Waals surface area contributed by atoms with Gasteiger partial charge in [0.15, 0.2) is 4.60 Å². The van der Waals surface area contributed by atoms with Gasteiger partial charge in [-0.1, -0.05) is 12.1 Å². The minimum atomic E-state index is -0.112. The van der Waals surface area contributed by atoms with Gasteiger partial charge in [0.2, 0.25) is 0 Å². The molecule has 2 N–H and O–H groups in total. The smallest absolute Gasteiger partial charge is 0.153 e. The van der Waals surface area contributed by atoms with Crippen molar-refractivity contribution in [1.82, 2.24) is 15.0 Å². The molecule has 1 fully saturated rings. The van der Waals surface area contributed by atoms with E-state index >= 15 is 0 Å². The SMILES string of the molecule is CC1OC(C)C(C(N)c2c(Br)nnn2C)C1C. The zero-order valence-electron chi connectivity index (χ0n) is 10.6. The molecule has 2 rings (SSSR count). The van der Waals surface area contributed by atoms with Crippen LogP contribution >= 0.6 is 15.9 Å². The Balaban J connectivity index is 2.29.